The normalized spacial score (nSPS) is 11.2. The van der Waals surface area contributed by atoms with Gasteiger partial charge in [0.25, 0.3) is 0 Å². The third-order valence-electron chi connectivity index (χ3n) is 6.11. The van der Waals surface area contributed by atoms with E-state index in [9.17, 15) is 10.1 Å². The molecule has 5 rings (SSSR count). The van der Waals surface area contributed by atoms with E-state index in [0.717, 1.165) is 44.1 Å². The third kappa shape index (κ3) is 3.91. The van der Waals surface area contributed by atoms with Gasteiger partial charge in [-0.1, -0.05) is 22.9 Å². The van der Waals surface area contributed by atoms with Gasteiger partial charge in [0.2, 0.25) is 5.91 Å². The Labute approximate surface area is 202 Å². The summed E-state index contributed by atoms with van der Waals surface area (Å²) in [5.41, 5.74) is 7.58. The Morgan fingerprint density at radius 1 is 1.00 bits per heavy atom. The van der Waals surface area contributed by atoms with Gasteiger partial charge in [-0.25, -0.2) is 4.98 Å². The number of fused-ring (bicyclic) bond motifs is 2. The van der Waals surface area contributed by atoms with Gasteiger partial charge in [-0.05, 0) is 75.1 Å². The first-order valence-electron chi connectivity index (χ1n) is 11.3. The van der Waals surface area contributed by atoms with Crippen LogP contribution in [0.2, 0.25) is 0 Å². The monoisotopic (exact) mass is 464 g/mol. The Bertz CT molecular complexity index is 1690. The van der Waals surface area contributed by atoms with E-state index >= 15 is 0 Å². The highest BCUT2D eigenvalue weighted by atomic mass is 16.5. The minimum atomic E-state index is -0.332. The Kier molecular flexibility index (Phi) is 5.33. The van der Waals surface area contributed by atoms with Crippen LogP contribution >= 0.6 is 0 Å². The average Bonchev–Trinajstić information content (AvgIpc) is 3.38. The van der Waals surface area contributed by atoms with Gasteiger partial charge in [-0.15, -0.1) is 0 Å². The van der Waals surface area contributed by atoms with Crippen LogP contribution < -0.4 is 5.32 Å². The van der Waals surface area contributed by atoms with Crippen LogP contribution in [0, 0.1) is 45.9 Å². The van der Waals surface area contributed by atoms with Crippen molar-refractivity contribution in [3.05, 3.63) is 75.6 Å². The van der Waals surface area contributed by atoms with Crippen LogP contribution in [0.3, 0.4) is 0 Å². The van der Waals surface area contributed by atoms with Crippen molar-refractivity contribution in [1.82, 2.24) is 19.9 Å². The number of carbonyl (C=O) groups excluding carboxylic acids is 1. The molecule has 0 spiro atoms. The first-order valence-corrected chi connectivity index (χ1v) is 11.3. The van der Waals surface area contributed by atoms with E-state index in [-0.39, 0.29) is 23.7 Å². The maximum absolute atomic E-state index is 13.1. The smallest absolute Gasteiger partial charge is 0.231 e. The van der Waals surface area contributed by atoms with Crippen molar-refractivity contribution in [3.63, 3.8) is 0 Å². The second kappa shape index (κ2) is 8.37. The highest BCUT2D eigenvalue weighted by Gasteiger charge is 2.20. The number of rotatable bonds is 4. The van der Waals surface area contributed by atoms with Crippen LogP contribution in [0.4, 0.5) is 5.82 Å². The maximum Gasteiger partial charge on any atom is 0.231 e. The van der Waals surface area contributed by atoms with E-state index in [4.69, 9.17) is 9.51 Å². The van der Waals surface area contributed by atoms with Crippen LogP contribution in [-0.4, -0.2) is 25.8 Å². The fraction of sp³-hybridized carbons (Fsp3) is 0.222. The molecule has 2 aromatic carbocycles. The molecule has 174 valence electrons. The Balaban J connectivity index is 1.52. The molecule has 0 radical (unpaired) electrons. The number of amides is 1. The first-order chi connectivity index (χ1) is 16.7. The quantitative estimate of drug-likeness (QED) is 0.394. The molecule has 0 aliphatic carbocycles. The Morgan fingerprint density at radius 2 is 1.71 bits per heavy atom. The lowest BCUT2D eigenvalue weighted by molar-refractivity contribution is -0.115. The zero-order chi connectivity index (χ0) is 24.9. The van der Waals surface area contributed by atoms with Gasteiger partial charge in [-0.2, -0.15) is 15.0 Å². The second-order valence-corrected chi connectivity index (χ2v) is 9.02. The molecule has 0 saturated heterocycles. The standard InChI is InChI=1S/C27H24N6O2/c1-14-6-17(4)25-20(8-14)16(3)10-23(30-25)33-27(19(12-28)13-29-33)31-24(34)11-22-21-9-15(2)7-18(5)26(21)35-32-22/h6-10,13H,11H2,1-5H3,(H,31,34). The molecular formula is C27H24N6O2. The number of nitrogens with one attached hydrogen (secondary N) is 1. The third-order valence-corrected chi connectivity index (χ3v) is 6.11. The van der Waals surface area contributed by atoms with E-state index in [2.05, 4.69) is 40.7 Å². The molecule has 1 amide bonds. The number of hydrogen-bond donors (Lipinski definition) is 1. The van der Waals surface area contributed by atoms with Crippen molar-refractivity contribution in [2.45, 2.75) is 41.0 Å². The van der Waals surface area contributed by atoms with Crippen molar-refractivity contribution in [2.24, 2.45) is 0 Å². The van der Waals surface area contributed by atoms with Crippen LogP contribution in [0.5, 0.6) is 0 Å². The molecule has 3 heterocycles. The fourth-order valence-electron chi connectivity index (χ4n) is 4.56. The maximum atomic E-state index is 13.1. The summed E-state index contributed by atoms with van der Waals surface area (Å²) < 4.78 is 6.97. The zero-order valence-corrected chi connectivity index (χ0v) is 20.2. The van der Waals surface area contributed by atoms with Crippen molar-refractivity contribution >= 4 is 33.6 Å². The van der Waals surface area contributed by atoms with Gasteiger partial charge in [-0.3, -0.25) is 4.79 Å². The molecule has 35 heavy (non-hydrogen) atoms. The number of benzene rings is 2. The number of aromatic nitrogens is 4. The molecule has 0 aliphatic rings. The van der Waals surface area contributed by atoms with Crippen LogP contribution in [0.1, 0.15) is 39.1 Å². The number of anilines is 1. The largest absolute Gasteiger partial charge is 0.356 e. The molecule has 8 heteroatoms. The summed E-state index contributed by atoms with van der Waals surface area (Å²) >= 11 is 0. The number of aryl methyl sites for hydroxylation is 5. The molecule has 0 unspecified atom stereocenters. The predicted octanol–water partition coefficient (Wildman–Crippen LogP) is 5.16. The van der Waals surface area contributed by atoms with Crippen LogP contribution in [0.15, 0.2) is 41.1 Å². The summed E-state index contributed by atoms with van der Waals surface area (Å²) in [6.45, 7) is 10.0. The lowest BCUT2D eigenvalue weighted by atomic mass is 10.0. The minimum Gasteiger partial charge on any atom is -0.356 e. The number of carbonyl (C=O) groups is 1. The number of nitrogens with zero attached hydrogens (tertiary/aromatic N) is 5. The number of pyridine rings is 1. The van der Waals surface area contributed by atoms with Crippen molar-refractivity contribution < 1.29 is 9.32 Å². The Hall–Kier alpha value is -4.51. The highest BCUT2D eigenvalue weighted by molar-refractivity contribution is 5.96. The summed E-state index contributed by atoms with van der Waals surface area (Å²) in [6, 6.07) is 12.2. The molecular weight excluding hydrogens is 440 g/mol. The summed E-state index contributed by atoms with van der Waals surface area (Å²) in [7, 11) is 0. The van der Waals surface area contributed by atoms with Gasteiger partial charge < -0.3 is 9.84 Å². The van der Waals surface area contributed by atoms with Crippen LogP contribution in [0.25, 0.3) is 27.7 Å². The first kappa shape index (κ1) is 22.3. The molecule has 3 aromatic heterocycles. The second-order valence-electron chi connectivity index (χ2n) is 9.02. The van der Waals surface area contributed by atoms with Crippen molar-refractivity contribution in [2.75, 3.05) is 5.32 Å². The van der Waals surface area contributed by atoms with Gasteiger partial charge >= 0.3 is 0 Å². The average molecular weight is 465 g/mol. The molecule has 5 aromatic rings. The molecule has 1 N–H and O–H groups in total. The predicted molar refractivity (Wildman–Crippen MR) is 134 cm³/mol. The Morgan fingerprint density at radius 3 is 2.46 bits per heavy atom. The summed E-state index contributed by atoms with van der Waals surface area (Å²) in [5, 5.41) is 22.8. The van der Waals surface area contributed by atoms with E-state index in [1.165, 1.54) is 10.9 Å². The molecule has 0 atom stereocenters. The topological polar surface area (TPSA) is 110 Å². The summed E-state index contributed by atoms with van der Waals surface area (Å²) in [4.78, 5) is 17.9. The molecule has 0 saturated carbocycles. The van der Waals surface area contributed by atoms with Gasteiger partial charge in [0.15, 0.2) is 17.2 Å². The molecule has 0 fully saturated rings. The SMILES string of the molecule is Cc1cc(C)c2nc(-n3ncc(C#N)c3NC(=O)Cc3noc4c(C)cc(C)cc34)cc(C)c2c1. The molecule has 8 nitrogen and oxygen atoms in total. The highest BCUT2D eigenvalue weighted by Crippen LogP contribution is 2.27. The number of nitriles is 1. The lowest BCUT2D eigenvalue weighted by Gasteiger charge is -2.12. The van der Waals surface area contributed by atoms with Gasteiger partial charge in [0.05, 0.1) is 18.1 Å². The zero-order valence-electron chi connectivity index (χ0n) is 20.2. The van der Waals surface area contributed by atoms with Crippen molar-refractivity contribution in [3.8, 4) is 11.9 Å². The fourth-order valence-corrected chi connectivity index (χ4v) is 4.56. The van der Waals surface area contributed by atoms with E-state index in [1.54, 1.807) is 0 Å². The van der Waals surface area contributed by atoms with Crippen LogP contribution in [-0.2, 0) is 11.2 Å². The molecule has 0 bridgehead atoms. The number of hydrogen-bond acceptors (Lipinski definition) is 6. The van der Waals surface area contributed by atoms with Crippen molar-refractivity contribution in [1.29, 1.82) is 5.26 Å². The van der Waals surface area contributed by atoms with Gasteiger partial charge in [0, 0.05) is 10.8 Å². The summed E-state index contributed by atoms with van der Waals surface area (Å²) in [6.07, 6.45) is 1.42. The lowest BCUT2D eigenvalue weighted by Crippen LogP contribution is -2.18. The summed E-state index contributed by atoms with van der Waals surface area (Å²) in [5.74, 6) is 0.465. The minimum absolute atomic E-state index is 0.00545. The van der Waals surface area contributed by atoms with E-state index < -0.39 is 0 Å². The van der Waals surface area contributed by atoms with E-state index in [1.807, 2.05) is 45.9 Å². The van der Waals surface area contributed by atoms with Gasteiger partial charge in [0.1, 0.15) is 17.3 Å². The molecule has 0 aliphatic heterocycles. The van der Waals surface area contributed by atoms with E-state index in [0.29, 0.717) is 17.1 Å².